The van der Waals surface area contributed by atoms with Crippen LogP contribution in [0.4, 0.5) is 4.39 Å². The van der Waals surface area contributed by atoms with Gasteiger partial charge in [0.1, 0.15) is 6.61 Å². The second kappa shape index (κ2) is 7.10. The molecule has 1 aromatic heterocycles. The minimum Gasteiger partial charge on any atom is -0.488 e. The molecule has 1 aromatic carbocycles. The van der Waals surface area contributed by atoms with E-state index in [1.807, 2.05) is 12.1 Å². The lowest BCUT2D eigenvalue weighted by atomic mass is 10.3. The van der Waals surface area contributed by atoms with E-state index in [4.69, 9.17) is 27.9 Å². The minimum atomic E-state index is -0.447. The van der Waals surface area contributed by atoms with E-state index < -0.39 is 5.82 Å². The molecule has 0 aliphatic heterocycles. The van der Waals surface area contributed by atoms with Crippen LogP contribution in [0.2, 0.25) is 9.36 Å². The molecule has 102 valence electrons. The van der Waals surface area contributed by atoms with E-state index in [1.54, 1.807) is 12.1 Å². The lowest BCUT2D eigenvalue weighted by Gasteiger charge is -2.09. The molecule has 1 heterocycles. The summed E-state index contributed by atoms with van der Waals surface area (Å²) in [5.74, 6) is -0.345. The Morgan fingerprint density at radius 1 is 1.21 bits per heavy atom. The molecule has 0 aliphatic carbocycles. The molecule has 0 radical (unpaired) electrons. The van der Waals surface area contributed by atoms with Gasteiger partial charge in [0, 0.05) is 18.0 Å². The van der Waals surface area contributed by atoms with Crippen LogP contribution >= 0.6 is 34.5 Å². The van der Waals surface area contributed by atoms with Gasteiger partial charge in [0.2, 0.25) is 0 Å². The first kappa shape index (κ1) is 14.6. The minimum absolute atomic E-state index is 0.102. The lowest BCUT2D eigenvalue weighted by Crippen LogP contribution is -2.20. The highest BCUT2D eigenvalue weighted by molar-refractivity contribution is 7.16. The normalized spacial score (nSPS) is 10.7. The van der Waals surface area contributed by atoms with Gasteiger partial charge in [-0.25, -0.2) is 4.39 Å². The molecule has 0 amide bonds. The van der Waals surface area contributed by atoms with Crippen LogP contribution in [0.15, 0.2) is 30.3 Å². The molecule has 0 saturated heterocycles. The van der Waals surface area contributed by atoms with Crippen molar-refractivity contribution in [2.45, 2.75) is 6.54 Å². The molecule has 0 unspecified atom stereocenters. The van der Waals surface area contributed by atoms with Gasteiger partial charge in [-0.3, -0.25) is 0 Å². The highest BCUT2D eigenvalue weighted by Crippen LogP contribution is 2.27. The maximum Gasteiger partial charge on any atom is 0.173 e. The van der Waals surface area contributed by atoms with E-state index in [0.29, 0.717) is 19.7 Å². The Bertz CT molecular complexity index is 527. The Labute approximate surface area is 125 Å². The first-order valence-corrected chi connectivity index (χ1v) is 7.26. The van der Waals surface area contributed by atoms with Crippen molar-refractivity contribution in [3.05, 3.63) is 50.4 Å². The Balaban J connectivity index is 1.72. The average Bonchev–Trinajstić information content (AvgIpc) is 2.78. The summed E-state index contributed by atoms with van der Waals surface area (Å²) in [6.45, 7) is 1.66. The zero-order valence-corrected chi connectivity index (χ0v) is 12.3. The van der Waals surface area contributed by atoms with E-state index in [1.165, 1.54) is 17.4 Å². The van der Waals surface area contributed by atoms with Crippen LogP contribution in [0.5, 0.6) is 5.75 Å². The fourth-order valence-electron chi connectivity index (χ4n) is 1.50. The molecule has 2 aromatic rings. The van der Waals surface area contributed by atoms with Gasteiger partial charge in [-0.05, 0) is 24.3 Å². The largest absolute Gasteiger partial charge is 0.488 e. The monoisotopic (exact) mass is 319 g/mol. The van der Waals surface area contributed by atoms with E-state index in [2.05, 4.69) is 5.32 Å². The zero-order chi connectivity index (χ0) is 13.7. The van der Waals surface area contributed by atoms with E-state index in [9.17, 15) is 4.39 Å². The van der Waals surface area contributed by atoms with Gasteiger partial charge in [0.05, 0.1) is 9.36 Å². The molecule has 2 nitrogen and oxygen atoms in total. The Morgan fingerprint density at radius 2 is 2.05 bits per heavy atom. The molecule has 0 spiro atoms. The number of ether oxygens (including phenoxy) is 1. The predicted molar refractivity (Wildman–Crippen MR) is 77.9 cm³/mol. The molecular weight excluding hydrogens is 308 g/mol. The van der Waals surface area contributed by atoms with E-state index >= 15 is 0 Å². The maximum atomic E-state index is 13.4. The summed E-state index contributed by atoms with van der Waals surface area (Å²) in [5, 5.41) is 3.47. The van der Waals surface area contributed by atoms with E-state index in [0.717, 1.165) is 9.21 Å². The number of hydrogen-bond donors (Lipinski definition) is 1. The third kappa shape index (κ3) is 4.35. The SMILES string of the molecule is Fc1cccc(Cl)c1OCCNCc1ccc(Cl)s1. The number of nitrogens with one attached hydrogen (secondary N) is 1. The molecule has 0 saturated carbocycles. The van der Waals surface area contributed by atoms with Crippen LogP contribution < -0.4 is 10.1 Å². The van der Waals surface area contributed by atoms with E-state index in [-0.39, 0.29) is 10.8 Å². The Hall–Kier alpha value is -0.810. The van der Waals surface area contributed by atoms with Crippen molar-refractivity contribution in [3.63, 3.8) is 0 Å². The summed E-state index contributed by atoms with van der Waals surface area (Å²) >= 11 is 13.2. The van der Waals surface area contributed by atoms with Gasteiger partial charge < -0.3 is 10.1 Å². The second-order valence-electron chi connectivity index (χ2n) is 3.78. The number of rotatable bonds is 6. The summed E-state index contributed by atoms with van der Waals surface area (Å²) in [6.07, 6.45) is 0. The molecular formula is C13H12Cl2FNOS. The van der Waals surface area contributed by atoms with Gasteiger partial charge >= 0.3 is 0 Å². The topological polar surface area (TPSA) is 21.3 Å². The maximum absolute atomic E-state index is 13.4. The fraction of sp³-hybridized carbons (Fsp3) is 0.231. The van der Waals surface area contributed by atoms with Crippen molar-refractivity contribution >= 4 is 34.5 Å². The van der Waals surface area contributed by atoms with Crippen molar-refractivity contribution in [2.75, 3.05) is 13.2 Å². The Kier molecular flexibility index (Phi) is 5.45. The second-order valence-corrected chi connectivity index (χ2v) is 5.99. The van der Waals surface area contributed by atoms with Crippen LogP contribution in [0, 0.1) is 5.82 Å². The number of hydrogen-bond acceptors (Lipinski definition) is 3. The van der Waals surface area contributed by atoms with Crippen molar-refractivity contribution in [3.8, 4) is 5.75 Å². The first-order chi connectivity index (χ1) is 9.16. The molecule has 0 aliphatic rings. The summed E-state index contributed by atoms with van der Waals surface area (Å²) in [7, 11) is 0. The number of halogens is 3. The van der Waals surface area contributed by atoms with Gasteiger partial charge in [0.15, 0.2) is 11.6 Å². The van der Waals surface area contributed by atoms with Gasteiger partial charge in [0.25, 0.3) is 0 Å². The van der Waals surface area contributed by atoms with Crippen molar-refractivity contribution in [2.24, 2.45) is 0 Å². The number of thiophene rings is 1. The molecule has 0 atom stereocenters. The molecule has 2 rings (SSSR count). The van der Waals surface area contributed by atoms with Gasteiger partial charge in [-0.2, -0.15) is 0 Å². The van der Waals surface area contributed by atoms with Crippen molar-refractivity contribution < 1.29 is 9.13 Å². The number of benzene rings is 1. The van der Waals surface area contributed by atoms with Crippen molar-refractivity contribution in [1.82, 2.24) is 5.32 Å². The standard InChI is InChI=1S/C13H12Cl2FNOS/c14-10-2-1-3-11(16)13(10)18-7-6-17-8-9-4-5-12(15)19-9/h1-5,17H,6-8H2. The lowest BCUT2D eigenvalue weighted by molar-refractivity contribution is 0.299. The quantitative estimate of drug-likeness (QED) is 0.799. The smallest absolute Gasteiger partial charge is 0.173 e. The summed E-state index contributed by atoms with van der Waals surface area (Å²) < 4.78 is 19.5. The molecule has 19 heavy (non-hydrogen) atoms. The number of para-hydroxylation sites is 1. The molecule has 0 bridgehead atoms. The first-order valence-electron chi connectivity index (χ1n) is 5.68. The van der Waals surface area contributed by atoms with Crippen LogP contribution in [0.25, 0.3) is 0 Å². The van der Waals surface area contributed by atoms with Crippen molar-refractivity contribution in [1.29, 1.82) is 0 Å². The van der Waals surface area contributed by atoms with Crippen LogP contribution in [0.3, 0.4) is 0 Å². The molecule has 0 fully saturated rings. The average molecular weight is 320 g/mol. The predicted octanol–water partition coefficient (Wildman–Crippen LogP) is 4.36. The summed E-state index contributed by atoms with van der Waals surface area (Å²) in [5.41, 5.74) is 0. The van der Waals surface area contributed by atoms with Crippen LogP contribution in [-0.4, -0.2) is 13.2 Å². The zero-order valence-electron chi connectivity index (χ0n) is 9.96. The Morgan fingerprint density at radius 3 is 2.74 bits per heavy atom. The highest BCUT2D eigenvalue weighted by atomic mass is 35.5. The van der Waals surface area contributed by atoms with Gasteiger partial charge in [-0.1, -0.05) is 29.3 Å². The summed E-state index contributed by atoms with van der Waals surface area (Å²) in [6, 6.07) is 8.29. The van der Waals surface area contributed by atoms with Crippen LogP contribution in [-0.2, 0) is 6.54 Å². The third-order valence-corrected chi connectivity index (χ3v) is 3.90. The summed E-state index contributed by atoms with van der Waals surface area (Å²) in [4.78, 5) is 1.15. The highest BCUT2D eigenvalue weighted by Gasteiger charge is 2.07. The third-order valence-electron chi connectivity index (χ3n) is 2.37. The fourth-order valence-corrected chi connectivity index (χ4v) is 2.78. The van der Waals surface area contributed by atoms with Crippen LogP contribution in [0.1, 0.15) is 4.88 Å². The molecule has 6 heteroatoms. The molecule has 1 N–H and O–H groups in total. The van der Waals surface area contributed by atoms with Gasteiger partial charge in [-0.15, -0.1) is 11.3 Å².